The van der Waals surface area contributed by atoms with Gasteiger partial charge in [0, 0.05) is 12.1 Å². The van der Waals surface area contributed by atoms with Crippen LogP contribution in [0.25, 0.3) is 0 Å². The zero-order valence-corrected chi connectivity index (χ0v) is 13.5. The third-order valence-electron chi connectivity index (χ3n) is 3.57. The number of hydrogen-bond acceptors (Lipinski definition) is 3. The summed E-state index contributed by atoms with van der Waals surface area (Å²) in [5.74, 6) is -0.294. The SMILES string of the molecule is CC(C)C(C)(CN)NC(=O)CNC(=O)c1ccccc1.Cl. The highest BCUT2D eigenvalue weighted by atomic mass is 35.5. The van der Waals surface area contributed by atoms with Crippen LogP contribution >= 0.6 is 12.4 Å². The molecule has 0 radical (unpaired) electrons. The predicted molar refractivity (Wildman–Crippen MR) is 86.5 cm³/mol. The summed E-state index contributed by atoms with van der Waals surface area (Å²) >= 11 is 0. The highest BCUT2D eigenvalue weighted by Gasteiger charge is 2.28. The number of carbonyl (C=O) groups excluding carboxylic acids is 2. The quantitative estimate of drug-likeness (QED) is 0.740. The summed E-state index contributed by atoms with van der Waals surface area (Å²) in [5, 5.41) is 5.46. The topological polar surface area (TPSA) is 84.2 Å². The lowest BCUT2D eigenvalue weighted by atomic mass is 9.88. The molecule has 118 valence electrons. The number of benzene rings is 1. The molecule has 1 atom stereocenters. The zero-order valence-electron chi connectivity index (χ0n) is 12.7. The normalized spacial score (nSPS) is 13.0. The molecule has 0 aliphatic carbocycles. The molecule has 0 bridgehead atoms. The van der Waals surface area contributed by atoms with Gasteiger partial charge in [0.1, 0.15) is 0 Å². The first kappa shape index (κ1) is 19.4. The average molecular weight is 314 g/mol. The number of halogens is 1. The van der Waals surface area contributed by atoms with Crippen LogP contribution in [0.5, 0.6) is 0 Å². The van der Waals surface area contributed by atoms with Crippen molar-refractivity contribution in [1.82, 2.24) is 10.6 Å². The number of hydrogen-bond donors (Lipinski definition) is 3. The summed E-state index contributed by atoms with van der Waals surface area (Å²) in [4.78, 5) is 23.7. The minimum atomic E-state index is -0.464. The van der Waals surface area contributed by atoms with Crippen molar-refractivity contribution in [3.63, 3.8) is 0 Å². The van der Waals surface area contributed by atoms with Crippen LogP contribution in [-0.2, 0) is 4.79 Å². The number of carbonyl (C=O) groups is 2. The predicted octanol–water partition coefficient (Wildman–Crippen LogP) is 1.33. The van der Waals surface area contributed by atoms with Crippen molar-refractivity contribution in [3.05, 3.63) is 35.9 Å². The largest absolute Gasteiger partial charge is 0.348 e. The van der Waals surface area contributed by atoms with Crippen LogP contribution in [0.2, 0.25) is 0 Å². The van der Waals surface area contributed by atoms with E-state index in [1.54, 1.807) is 24.3 Å². The van der Waals surface area contributed by atoms with Gasteiger partial charge < -0.3 is 16.4 Å². The van der Waals surface area contributed by atoms with Crippen molar-refractivity contribution in [2.75, 3.05) is 13.1 Å². The molecule has 21 heavy (non-hydrogen) atoms. The molecule has 0 aliphatic rings. The molecule has 6 heteroatoms. The number of nitrogens with two attached hydrogens (primary N) is 1. The highest BCUT2D eigenvalue weighted by molar-refractivity contribution is 5.96. The van der Waals surface area contributed by atoms with Crippen LogP contribution < -0.4 is 16.4 Å². The Morgan fingerprint density at radius 1 is 1.24 bits per heavy atom. The van der Waals surface area contributed by atoms with E-state index in [1.807, 2.05) is 26.8 Å². The van der Waals surface area contributed by atoms with Crippen molar-refractivity contribution < 1.29 is 9.59 Å². The summed E-state index contributed by atoms with van der Waals surface area (Å²) in [7, 11) is 0. The molecule has 0 saturated heterocycles. The summed E-state index contributed by atoms with van der Waals surface area (Å²) in [6.45, 7) is 6.18. The summed E-state index contributed by atoms with van der Waals surface area (Å²) in [6, 6.07) is 8.79. The van der Waals surface area contributed by atoms with Crippen LogP contribution in [0.4, 0.5) is 0 Å². The van der Waals surface area contributed by atoms with Crippen molar-refractivity contribution in [2.24, 2.45) is 11.7 Å². The fourth-order valence-electron chi connectivity index (χ4n) is 1.65. The van der Waals surface area contributed by atoms with Crippen molar-refractivity contribution in [2.45, 2.75) is 26.3 Å². The molecule has 0 spiro atoms. The molecular formula is C15H24ClN3O2. The first-order valence-electron chi connectivity index (χ1n) is 6.73. The van der Waals surface area contributed by atoms with Gasteiger partial charge in [-0.05, 0) is 25.0 Å². The Bertz CT molecular complexity index is 465. The fourth-order valence-corrected chi connectivity index (χ4v) is 1.65. The van der Waals surface area contributed by atoms with Gasteiger partial charge in [-0.25, -0.2) is 0 Å². The maximum absolute atomic E-state index is 11.9. The lowest BCUT2D eigenvalue weighted by molar-refractivity contribution is -0.122. The smallest absolute Gasteiger partial charge is 0.251 e. The van der Waals surface area contributed by atoms with Crippen LogP contribution in [0.15, 0.2) is 30.3 Å². The van der Waals surface area contributed by atoms with Gasteiger partial charge in [0.15, 0.2) is 0 Å². The standard InChI is InChI=1S/C15H23N3O2.ClH/c1-11(2)15(3,10-16)18-13(19)9-17-14(20)12-7-5-4-6-8-12;/h4-8,11H,9-10,16H2,1-3H3,(H,17,20)(H,18,19);1H. The number of nitrogens with one attached hydrogen (secondary N) is 2. The Hall–Kier alpha value is -1.59. The van der Waals surface area contributed by atoms with Gasteiger partial charge in [-0.2, -0.15) is 0 Å². The van der Waals surface area contributed by atoms with Gasteiger partial charge in [-0.3, -0.25) is 9.59 Å². The maximum atomic E-state index is 11.9. The highest BCUT2D eigenvalue weighted by Crippen LogP contribution is 2.14. The Morgan fingerprint density at radius 3 is 2.29 bits per heavy atom. The molecule has 0 saturated carbocycles. The third kappa shape index (κ3) is 5.73. The second-order valence-electron chi connectivity index (χ2n) is 5.37. The van der Waals surface area contributed by atoms with Gasteiger partial charge in [0.25, 0.3) is 5.91 Å². The molecule has 1 aromatic rings. The molecule has 0 aliphatic heterocycles. The van der Waals surface area contributed by atoms with E-state index in [2.05, 4.69) is 10.6 Å². The van der Waals surface area contributed by atoms with E-state index in [1.165, 1.54) is 0 Å². The lowest BCUT2D eigenvalue weighted by Gasteiger charge is -2.33. The van der Waals surface area contributed by atoms with E-state index < -0.39 is 5.54 Å². The fraction of sp³-hybridized carbons (Fsp3) is 0.467. The van der Waals surface area contributed by atoms with Crippen LogP contribution in [0, 0.1) is 5.92 Å². The average Bonchev–Trinajstić information content (AvgIpc) is 2.45. The Labute approximate surface area is 132 Å². The molecular weight excluding hydrogens is 290 g/mol. The molecule has 1 unspecified atom stereocenters. The van der Waals surface area contributed by atoms with E-state index in [9.17, 15) is 9.59 Å². The van der Waals surface area contributed by atoms with Gasteiger partial charge in [0.2, 0.25) is 5.91 Å². The van der Waals surface area contributed by atoms with Gasteiger partial charge in [0.05, 0.1) is 12.1 Å². The molecule has 5 nitrogen and oxygen atoms in total. The Kier molecular flexibility index (Phi) is 7.99. The Morgan fingerprint density at radius 2 is 1.81 bits per heavy atom. The summed E-state index contributed by atoms with van der Waals surface area (Å²) in [5.41, 5.74) is 5.77. The number of amides is 2. The lowest BCUT2D eigenvalue weighted by Crippen LogP contribution is -2.56. The van der Waals surface area contributed by atoms with Gasteiger partial charge >= 0.3 is 0 Å². The molecule has 0 fully saturated rings. The summed E-state index contributed by atoms with van der Waals surface area (Å²) < 4.78 is 0. The van der Waals surface area contributed by atoms with Gasteiger partial charge in [-0.1, -0.05) is 32.0 Å². The second-order valence-corrected chi connectivity index (χ2v) is 5.37. The van der Waals surface area contributed by atoms with Crippen molar-refractivity contribution >= 4 is 24.2 Å². The van der Waals surface area contributed by atoms with E-state index in [0.717, 1.165) is 0 Å². The second kappa shape index (κ2) is 8.64. The number of rotatable bonds is 6. The van der Waals surface area contributed by atoms with E-state index in [0.29, 0.717) is 12.1 Å². The van der Waals surface area contributed by atoms with E-state index in [-0.39, 0.29) is 36.7 Å². The maximum Gasteiger partial charge on any atom is 0.251 e. The molecule has 0 aromatic heterocycles. The summed E-state index contributed by atoms with van der Waals surface area (Å²) in [6.07, 6.45) is 0. The molecule has 4 N–H and O–H groups in total. The monoisotopic (exact) mass is 313 g/mol. The van der Waals surface area contributed by atoms with Crippen molar-refractivity contribution in [3.8, 4) is 0 Å². The Balaban J connectivity index is 0.00000400. The zero-order chi connectivity index (χ0) is 15.2. The molecule has 0 heterocycles. The van der Waals surface area contributed by atoms with Crippen molar-refractivity contribution in [1.29, 1.82) is 0 Å². The third-order valence-corrected chi connectivity index (χ3v) is 3.57. The van der Waals surface area contributed by atoms with Crippen LogP contribution in [0.3, 0.4) is 0 Å². The first-order chi connectivity index (χ1) is 9.39. The van der Waals surface area contributed by atoms with Crippen LogP contribution in [-0.4, -0.2) is 30.4 Å². The molecule has 2 amide bonds. The molecule has 1 aromatic carbocycles. The van der Waals surface area contributed by atoms with E-state index in [4.69, 9.17) is 5.73 Å². The first-order valence-corrected chi connectivity index (χ1v) is 6.73. The van der Waals surface area contributed by atoms with Crippen LogP contribution in [0.1, 0.15) is 31.1 Å². The van der Waals surface area contributed by atoms with E-state index >= 15 is 0 Å². The van der Waals surface area contributed by atoms with Gasteiger partial charge in [-0.15, -0.1) is 12.4 Å². The molecule has 1 rings (SSSR count). The minimum Gasteiger partial charge on any atom is -0.348 e. The minimum absolute atomic E-state index is 0.